The van der Waals surface area contributed by atoms with Gasteiger partial charge in [0.1, 0.15) is 11.6 Å². The van der Waals surface area contributed by atoms with E-state index in [0.29, 0.717) is 5.92 Å². The van der Waals surface area contributed by atoms with Gasteiger partial charge < -0.3 is 25.0 Å². The van der Waals surface area contributed by atoms with Gasteiger partial charge in [-0.25, -0.2) is 4.39 Å². The highest BCUT2D eigenvalue weighted by molar-refractivity contribution is 6.30. The number of carbonyl (C=O) groups excluding carboxylic acids is 2. The minimum atomic E-state index is -0.857. The highest BCUT2D eigenvalue weighted by Crippen LogP contribution is 2.39. The molecule has 1 fully saturated rings. The Hall–Kier alpha value is -2.65. The Morgan fingerprint density at radius 3 is 2.86 bits per heavy atom. The topological polar surface area (TPSA) is 114 Å². The molecule has 29 heavy (non-hydrogen) atoms. The lowest BCUT2D eigenvalue weighted by Crippen LogP contribution is -2.37. The van der Waals surface area contributed by atoms with Crippen molar-refractivity contribution < 1.29 is 28.3 Å². The van der Waals surface area contributed by atoms with Gasteiger partial charge in [0.25, 0.3) is 11.8 Å². The molecule has 0 saturated heterocycles. The quantitative estimate of drug-likeness (QED) is 0.536. The second-order valence-corrected chi connectivity index (χ2v) is 7.16. The summed E-state index contributed by atoms with van der Waals surface area (Å²) in [6.45, 7) is -0.142. The molecule has 0 radical (unpaired) electrons. The van der Waals surface area contributed by atoms with E-state index < -0.39 is 23.7 Å². The minimum Gasteiger partial charge on any atom is -0.484 e. The van der Waals surface area contributed by atoms with Crippen LogP contribution in [-0.4, -0.2) is 47.9 Å². The van der Waals surface area contributed by atoms with Crippen molar-refractivity contribution in [2.75, 3.05) is 19.7 Å². The molecule has 1 unspecified atom stereocenters. The summed E-state index contributed by atoms with van der Waals surface area (Å²) in [5.74, 6) is -0.806. The number of hydrogen-bond acceptors (Lipinski definition) is 6. The van der Waals surface area contributed by atoms with E-state index in [1.165, 1.54) is 12.1 Å². The molecule has 1 atom stereocenters. The molecule has 1 aliphatic carbocycles. The summed E-state index contributed by atoms with van der Waals surface area (Å²) in [6.07, 6.45) is 1.50. The number of hydrogen-bond donors (Lipinski definition) is 3. The van der Waals surface area contributed by atoms with Crippen LogP contribution in [0.15, 0.2) is 28.8 Å². The number of ether oxygens (including phenoxy) is 1. The van der Waals surface area contributed by atoms with E-state index >= 15 is 0 Å². The van der Waals surface area contributed by atoms with Gasteiger partial charge in [-0.2, -0.15) is 0 Å². The van der Waals surface area contributed by atoms with E-state index in [9.17, 15) is 19.1 Å². The van der Waals surface area contributed by atoms with Crippen LogP contribution in [0, 0.1) is 5.82 Å². The zero-order valence-electron chi connectivity index (χ0n) is 15.5. The monoisotopic (exact) mass is 425 g/mol. The Morgan fingerprint density at radius 2 is 2.14 bits per heavy atom. The molecule has 1 aromatic heterocycles. The van der Waals surface area contributed by atoms with Crippen LogP contribution in [0.25, 0.3) is 0 Å². The van der Waals surface area contributed by atoms with Crippen LogP contribution < -0.4 is 15.4 Å². The molecular formula is C19H21ClFN3O5. The molecular weight excluding hydrogens is 405 g/mol. The molecule has 1 saturated carbocycles. The van der Waals surface area contributed by atoms with E-state index in [1.54, 1.807) is 6.07 Å². The second kappa shape index (κ2) is 9.71. The van der Waals surface area contributed by atoms with Gasteiger partial charge >= 0.3 is 0 Å². The molecule has 1 heterocycles. The van der Waals surface area contributed by atoms with Crippen molar-refractivity contribution in [1.82, 2.24) is 15.8 Å². The first-order valence-electron chi connectivity index (χ1n) is 9.20. The average molecular weight is 426 g/mol. The predicted octanol–water partition coefficient (Wildman–Crippen LogP) is 2.02. The molecule has 2 aromatic rings. The average Bonchev–Trinajstić information content (AvgIpc) is 3.43. The number of carbonyl (C=O) groups is 2. The molecule has 8 nitrogen and oxygen atoms in total. The Kier molecular flexibility index (Phi) is 7.05. The summed E-state index contributed by atoms with van der Waals surface area (Å²) in [5, 5.41) is 18.9. The van der Waals surface area contributed by atoms with Crippen molar-refractivity contribution in [3.05, 3.63) is 46.6 Å². The highest BCUT2D eigenvalue weighted by Gasteiger charge is 2.28. The standard InChI is InChI=1S/C19H21ClFN3O5/c20-14-4-3-13(7-15(14)21)28-10-18(26)23-9-12(25)5-6-22-19(27)17-8-16(24-29-17)11-1-2-11/h3-4,7-8,11-12,25H,1-2,5-6,9-10H2,(H,22,27)(H,23,26). The summed E-state index contributed by atoms with van der Waals surface area (Å²) in [6, 6.07) is 5.48. The molecule has 1 aromatic carbocycles. The number of nitrogens with one attached hydrogen (secondary N) is 2. The SMILES string of the molecule is O=C(COc1ccc(Cl)c(F)c1)NCC(O)CCNC(=O)c1cc(C2CC2)no1. The lowest BCUT2D eigenvalue weighted by molar-refractivity contribution is -0.123. The first-order valence-corrected chi connectivity index (χ1v) is 9.57. The molecule has 10 heteroatoms. The Balaban J connectivity index is 1.29. The number of aliphatic hydroxyl groups excluding tert-OH is 1. The number of aliphatic hydroxyl groups is 1. The van der Waals surface area contributed by atoms with E-state index in [2.05, 4.69) is 15.8 Å². The van der Waals surface area contributed by atoms with Crippen molar-refractivity contribution >= 4 is 23.4 Å². The minimum absolute atomic E-state index is 0.0127. The van der Waals surface area contributed by atoms with Crippen LogP contribution in [0.3, 0.4) is 0 Å². The van der Waals surface area contributed by atoms with Crippen LogP contribution >= 0.6 is 11.6 Å². The van der Waals surface area contributed by atoms with Crippen molar-refractivity contribution in [3.63, 3.8) is 0 Å². The molecule has 0 spiro atoms. The zero-order valence-corrected chi connectivity index (χ0v) is 16.2. The Labute approximate surface area is 171 Å². The van der Waals surface area contributed by atoms with Crippen LogP contribution in [0.5, 0.6) is 5.75 Å². The third kappa shape index (κ3) is 6.43. The molecule has 2 amide bonds. The lowest BCUT2D eigenvalue weighted by atomic mass is 10.2. The summed E-state index contributed by atoms with van der Waals surface area (Å²) < 4.78 is 23.5. The third-order valence-electron chi connectivity index (χ3n) is 4.31. The van der Waals surface area contributed by atoms with Crippen molar-refractivity contribution in [3.8, 4) is 5.75 Å². The molecule has 0 aliphatic heterocycles. The van der Waals surface area contributed by atoms with Gasteiger partial charge in [-0.15, -0.1) is 0 Å². The number of aromatic nitrogens is 1. The fraction of sp³-hybridized carbons (Fsp3) is 0.421. The maximum absolute atomic E-state index is 13.3. The first kappa shape index (κ1) is 21.1. The van der Waals surface area contributed by atoms with Gasteiger partial charge in [0.2, 0.25) is 5.76 Å². The van der Waals surface area contributed by atoms with Gasteiger partial charge in [0.05, 0.1) is 16.8 Å². The predicted molar refractivity (Wildman–Crippen MR) is 101 cm³/mol. The lowest BCUT2D eigenvalue weighted by Gasteiger charge is -2.12. The van der Waals surface area contributed by atoms with Crippen LogP contribution in [0.2, 0.25) is 5.02 Å². The van der Waals surface area contributed by atoms with Crippen LogP contribution in [-0.2, 0) is 4.79 Å². The van der Waals surface area contributed by atoms with Crippen molar-refractivity contribution in [1.29, 1.82) is 0 Å². The maximum Gasteiger partial charge on any atom is 0.289 e. The van der Waals surface area contributed by atoms with Crippen molar-refractivity contribution in [2.24, 2.45) is 0 Å². The summed E-state index contributed by atoms with van der Waals surface area (Å²) in [5.41, 5.74) is 0.793. The Bertz CT molecular complexity index is 871. The highest BCUT2D eigenvalue weighted by atomic mass is 35.5. The van der Waals surface area contributed by atoms with E-state index in [0.717, 1.165) is 24.6 Å². The van der Waals surface area contributed by atoms with Gasteiger partial charge in [0, 0.05) is 31.1 Å². The maximum atomic E-state index is 13.3. The number of benzene rings is 1. The number of amides is 2. The number of halogens is 2. The fourth-order valence-corrected chi connectivity index (χ4v) is 2.62. The Morgan fingerprint density at radius 1 is 1.34 bits per heavy atom. The van der Waals surface area contributed by atoms with Gasteiger partial charge in [0.15, 0.2) is 6.61 Å². The summed E-state index contributed by atoms with van der Waals surface area (Å²) >= 11 is 5.57. The van der Waals surface area contributed by atoms with Gasteiger partial charge in [-0.05, 0) is 31.4 Å². The molecule has 3 rings (SSSR count). The van der Waals surface area contributed by atoms with Crippen LogP contribution in [0.4, 0.5) is 4.39 Å². The second-order valence-electron chi connectivity index (χ2n) is 6.76. The molecule has 0 bridgehead atoms. The fourth-order valence-electron chi connectivity index (χ4n) is 2.51. The zero-order chi connectivity index (χ0) is 20.8. The van der Waals surface area contributed by atoms with E-state index in [4.69, 9.17) is 20.9 Å². The third-order valence-corrected chi connectivity index (χ3v) is 4.61. The number of rotatable bonds is 10. The molecule has 3 N–H and O–H groups in total. The van der Waals surface area contributed by atoms with E-state index in [-0.39, 0.29) is 42.6 Å². The van der Waals surface area contributed by atoms with E-state index in [1.807, 2.05) is 0 Å². The van der Waals surface area contributed by atoms with Gasteiger partial charge in [-0.1, -0.05) is 16.8 Å². The first-order chi connectivity index (χ1) is 13.9. The summed E-state index contributed by atoms with van der Waals surface area (Å²) in [7, 11) is 0. The summed E-state index contributed by atoms with van der Waals surface area (Å²) in [4.78, 5) is 23.7. The number of nitrogens with zero attached hydrogens (tertiary/aromatic N) is 1. The smallest absolute Gasteiger partial charge is 0.289 e. The molecule has 1 aliphatic rings. The normalized spacial score (nSPS) is 14.3. The van der Waals surface area contributed by atoms with Gasteiger partial charge in [-0.3, -0.25) is 9.59 Å². The van der Waals surface area contributed by atoms with Crippen molar-refractivity contribution in [2.45, 2.75) is 31.3 Å². The molecule has 156 valence electrons. The van der Waals surface area contributed by atoms with Crippen LogP contribution in [0.1, 0.15) is 41.4 Å². The largest absolute Gasteiger partial charge is 0.484 e.